The third-order valence-electron chi connectivity index (χ3n) is 6.57. The Hall–Kier alpha value is -3.30. The van der Waals surface area contributed by atoms with Crippen LogP contribution in [0.25, 0.3) is 5.57 Å². The van der Waals surface area contributed by atoms with Crippen molar-refractivity contribution in [2.24, 2.45) is 11.3 Å². The molecule has 1 heterocycles. The Bertz CT molecular complexity index is 1120. The number of benzene rings is 2. The van der Waals surface area contributed by atoms with Crippen LogP contribution < -0.4 is 11.2 Å². The maximum Gasteiger partial charge on any atom is 0.129 e. The van der Waals surface area contributed by atoms with Crippen LogP contribution in [0.2, 0.25) is 0 Å². The third kappa shape index (κ3) is 4.21. The van der Waals surface area contributed by atoms with Gasteiger partial charge in [-0.3, -0.25) is 5.01 Å². The first-order valence-corrected chi connectivity index (χ1v) is 11.4. The zero-order chi connectivity index (χ0) is 22.7. The van der Waals surface area contributed by atoms with Crippen LogP contribution in [0.5, 0.6) is 0 Å². The molecule has 1 aliphatic heterocycles. The van der Waals surface area contributed by atoms with E-state index in [-0.39, 0.29) is 5.41 Å². The van der Waals surface area contributed by atoms with E-state index in [2.05, 4.69) is 99.4 Å². The minimum atomic E-state index is -0.137. The molecule has 3 heteroatoms. The van der Waals surface area contributed by atoms with Gasteiger partial charge in [-0.25, -0.2) is 5.84 Å². The van der Waals surface area contributed by atoms with Crippen LogP contribution in [0.1, 0.15) is 44.7 Å². The molecule has 0 radical (unpaired) electrons. The average Bonchev–Trinajstić information content (AvgIpc) is 2.82. The van der Waals surface area contributed by atoms with E-state index >= 15 is 0 Å². The van der Waals surface area contributed by atoms with E-state index in [1.807, 2.05) is 12.1 Å². The molecular formula is C29H33N3. The Morgan fingerprint density at radius 2 is 1.75 bits per heavy atom. The van der Waals surface area contributed by atoms with E-state index in [1.54, 1.807) is 5.01 Å². The van der Waals surface area contributed by atoms with Crippen molar-refractivity contribution in [1.29, 1.82) is 0 Å². The van der Waals surface area contributed by atoms with E-state index < -0.39 is 0 Å². The standard InChI is InChI=1S/C29H33N3/c1-5-23-16-18-29(4,19-17-23)27-21(2)31-28(32(30)22(27)3)26(25-14-10-7-11-15-25)20-24-12-8-6-9-13-24/h6-18,31H,3,5,19-20,30H2,1-2,4H3/b28-26+. The van der Waals surface area contributed by atoms with E-state index in [1.165, 1.54) is 16.7 Å². The first-order valence-electron chi connectivity index (χ1n) is 11.4. The van der Waals surface area contributed by atoms with Crippen LogP contribution >= 0.6 is 0 Å². The van der Waals surface area contributed by atoms with Crippen LogP contribution in [-0.4, -0.2) is 5.01 Å². The molecule has 3 N–H and O–H groups in total. The van der Waals surface area contributed by atoms with Crippen molar-refractivity contribution in [1.82, 2.24) is 10.3 Å². The second kappa shape index (κ2) is 9.05. The molecule has 0 aromatic heterocycles. The Balaban J connectivity index is 1.78. The molecule has 1 unspecified atom stereocenters. The molecule has 2 aromatic rings. The molecule has 2 aromatic carbocycles. The first kappa shape index (κ1) is 21.9. The highest BCUT2D eigenvalue weighted by molar-refractivity contribution is 5.71. The summed E-state index contributed by atoms with van der Waals surface area (Å²) in [6.07, 6.45) is 9.67. The fourth-order valence-electron chi connectivity index (χ4n) is 4.73. The van der Waals surface area contributed by atoms with Gasteiger partial charge in [-0.2, -0.15) is 0 Å². The Kier molecular flexibility index (Phi) is 6.20. The third-order valence-corrected chi connectivity index (χ3v) is 6.57. The van der Waals surface area contributed by atoms with Gasteiger partial charge in [-0.05, 0) is 30.9 Å². The molecule has 0 bridgehead atoms. The summed E-state index contributed by atoms with van der Waals surface area (Å²) in [5.74, 6) is 7.61. The summed E-state index contributed by atoms with van der Waals surface area (Å²) in [4.78, 5) is 0. The molecule has 0 saturated carbocycles. The molecule has 0 fully saturated rings. The molecule has 0 amide bonds. The second-order valence-electron chi connectivity index (χ2n) is 8.88. The van der Waals surface area contributed by atoms with Gasteiger partial charge in [-0.15, -0.1) is 0 Å². The lowest BCUT2D eigenvalue weighted by atomic mass is 9.73. The predicted molar refractivity (Wildman–Crippen MR) is 135 cm³/mol. The summed E-state index contributed by atoms with van der Waals surface area (Å²) in [5.41, 5.74) is 7.91. The zero-order valence-electron chi connectivity index (χ0n) is 19.4. The summed E-state index contributed by atoms with van der Waals surface area (Å²) >= 11 is 0. The van der Waals surface area contributed by atoms with E-state index in [0.717, 1.165) is 47.6 Å². The number of nitrogens with zero attached hydrogens (tertiary/aromatic N) is 1. The number of allylic oxidation sites excluding steroid dienone is 7. The number of hydrogen-bond donors (Lipinski definition) is 2. The lowest BCUT2D eigenvalue weighted by Crippen LogP contribution is -2.44. The molecular weight excluding hydrogens is 390 g/mol. The van der Waals surface area contributed by atoms with Crippen molar-refractivity contribution in [3.05, 3.63) is 125 Å². The number of nitrogens with two attached hydrogens (primary N) is 1. The van der Waals surface area contributed by atoms with E-state index in [4.69, 9.17) is 5.84 Å². The van der Waals surface area contributed by atoms with Gasteiger partial charge in [0.25, 0.3) is 0 Å². The quantitative estimate of drug-likeness (QED) is 0.542. The fourth-order valence-corrected chi connectivity index (χ4v) is 4.73. The van der Waals surface area contributed by atoms with Crippen molar-refractivity contribution in [3.63, 3.8) is 0 Å². The number of nitrogens with one attached hydrogen (secondary N) is 1. The van der Waals surface area contributed by atoms with Gasteiger partial charge in [-0.1, -0.05) is 105 Å². The Morgan fingerprint density at radius 3 is 2.34 bits per heavy atom. The van der Waals surface area contributed by atoms with Gasteiger partial charge in [0.15, 0.2) is 0 Å². The van der Waals surface area contributed by atoms with E-state index in [9.17, 15) is 0 Å². The van der Waals surface area contributed by atoms with E-state index in [0.29, 0.717) is 0 Å². The minimum Gasteiger partial charge on any atom is -0.344 e. The van der Waals surface area contributed by atoms with Crippen LogP contribution in [0.15, 0.2) is 114 Å². The van der Waals surface area contributed by atoms with Crippen LogP contribution in [0, 0.1) is 5.41 Å². The second-order valence-corrected chi connectivity index (χ2v) is 8.88. The van der Waals surface area contributed by atoms with Crippen molar-refractivity contribution in [2.45, 2.75) is 40.0 Å². The minimum absolute atomic E-state index is 0.137. The first-order chi connectivity index (χ1) is 15.4. The zero-order valence-corrected chi connectivity index (χ0v) is 19.4. The van der Waals surface area contributed by atoms with Crippen molar-refractivity contribution >= 4 is 5.57 Å². The number of hydrazine groups is 1. The maximum absolute atomic E-state index is 6.73. The van der Waals surface area contributed by atoms with Crippen molar-refractivity contribution in [2.75, 3.05) is 0 Å². The summed E-state index contributed by atoms with van der Waals surface area (Å²) < 4.78 is 0. The van der Waals surface area contributed by atoms with Gasteiger partial charge >= 0.3 is 0 Å². The Labute approximate surface area is 192 Å². The molecule has 32 heavy (non-hydrogen) atoms. The summed E-state index contributed by atoms with van der Waals surface area (Å²) in [7, 11) is 0. The smallest absolute Gasteiger partial charge is 0.129 e. The topological polar surface area (TPSA) is 41.3 Å². The predicted octanol–water partition coefficient (Wildman–Crippen LogP) is 6.47. The molecule has 2 aliphatic rings. The van der Waals surface area contributed by atoms with Gasteiger partial charge in [0.1, 0.15) is 5.82 Å². The molecule has 3 nitrogen and oxygen atoms in total. The van der Waals surface area contributed by atoms with Gasteiger partial charge in [0.2, 0.25) is 0 Å². The summed E-state index contributed by atoms with van der Waals surface area (Å²) in [6, 6.07) is 21.0. The van der Waals surface area contributed by atoms with Crippen molar-refractivity contribution in [3.8, 4) is 0 Å². The van der Waals surface area contributed by atoms with Gasteiger partial charge < -0.3 is 5.32 Å². The maximum atomic E-state index is 6.73. The Morgan fingerprint density at radius 1 is 1.09 bits per heavy atom. The average molecular weight is 424 g/mol. The molecule has 0 saturated heterocycles. The molecule has 4 rings (SSSR count). The van der Waals surface area contributed by atoms with Gasteiger partial charge in [0.05, 0.1) is 5.70 Å². The lowest BCUT2D eigenvalue weighted by Gasteiger charge is -2.42. The van der Waals surface area contributed by atoms with Crippen LogP contribution in [0.4, 0.5) is 0 Å². The monoisotopic (exact) mass is 423 g/mol. The number of hydrogen-bond acceptors (Lipinski definition) is 3. The largest absolute Gasteiger partial charge is 0.344 e. The summed E-state index contributed by atoms with van der Waals surface area (Å²) in [6.45, 7) is 11.0. The lowest BCUT2D eigenvalue weighted by molar-refractivity contribution is 0.375. The SMILES string of the molecule is C=C1C(C2(C)C=CC(CC)=CC2)=C(C)N/C(=C(/Cc2ccccc2)c2ccccc2)N1N. The van der Waals surface area contributed by atoms with Crippen molar-refractivity contribution < 1.29 is 0 Å². The molecule has 1 aliphatic carbocycles. The molecule has 0 spiro atoms. The highest BCUT2D eigenvalue weighted by atomic mass is 15.5. The fraction of sp³-hybridized carbons (Fsp3) is 0.241. The van der Waals surface area contributed by atoms with Gasteiger partial charge in [0, 0.05) is 28.7 Å². The number of rotatable bonds is 5. The normalized spacial score (nSPS) is 22.6. The summed E-state index contributed by atoms with van der Waals surface area (Å²) in [5, 5.41) is 5.40. The highest BCUT2D eigenvalue weighted by Gasteiger charge is 2.36. The highest BCUT2D eigenvalue weighted by Crippen LogP contribution is 2.44. The van der Waals surface area contributed by atoms with Crippen LogP contribution in [-0.2, 0) is 6.42 Å². The molecule has 1 atom stereocenters. The molecule has 164 valence electrons. The van der Waals surface area contributed by atoms with Crippen LogP contribution in [0.3, 0.4) is 0 Å².